The van der Waals surface area contributed by atoms with Gasteiger partial charge in [0.1, 0.15) is 5.82 Å². The van der Waals surface area contributed by atoms with E-state index in [1.165, 1.54) is 10.8 Å². The molecule has 4 nitrogen and oxygen atoms in total. The van der Waals surface area contributed by atoms with Gasteiger partial charge in [0.15, 0.2) is 0 Å². The Kier molecular flexibility index (Phi) is 6.79. The number of anilines is 1. The van der Waals surface area contributed by atoms with Gasteiger partial charge in [-0.1, -0.05) is 6.42 Å². The fraction of sp³-hybridized carbons (Fsp3) is 0.643. The third-order valence-electron chi connectivity index (χ3n) is 3.90. The van der Waals surface area contributed by atoms with Crippen molar-refractivity contribution in [3.63, 3.8) is 0 Å². The predicted molar refractivity (Wildman–Crippen MR) is 83.6 cm³/mol. The summed E-state index contributed by atoms with van der Waals surface area (Å²) in [6, 6.07) is 0. The van der Waals surface area contributed by atoms with Crippen LogP contribution in [-0.4, -0.2) is 36.3 Å². The van der Waals surface area contributed by atoms with Crippen LogP contribution in [0.3, 0.4) is 0 Å². The third kappa shape index (κ3) is 4.34. The summed E-state index contributed by atoms with van der Waals surface area (Å²) in [4.78, 5) is 11.2. The number of rotatable bonds is 1. The van der Waals surface area contributed by atoms with Gasteiger partial charge < -0.3 is 22.3 Å². The second-order valence-corrected chi connectivity index (χ2v) is 6.23. The molecule has 0 saturated carbocycles. The van der Waals surface area contributed by atoms with Crippen LogP contribution in [0.25, 0.3) is 0 Å². The van der Waals surface area contributed by atoms with E-state index in [0.29, 0.717) is 5.28 Å². The maximum absolute atomic E-state index is 6.12. The number of hydrogen-bond donors (Lipinski definition) is 1. The summed E-state index contributed by atoms with van der Waals surface area (Å²) in [5.41, 5.74) is 2.37. The summed E-state index contributed by atoms with van der Waals surface area (Å²) in [6.45, 7) is 3.25. The number of nitrogens with zero attached hydrogens (tertiary/aromatic N) is 3. The van der Waals surface area contributed by atoms with Gasteiger partial charge in [0.05, 0.1) is 18.9 Å². The molecule has 2 heterocycles. The largest absolute Gasteiger partial charge is 0.378 e. The quantitative estimate of drug-likeness (QED) is 0.369. The number of hydrogen-bond acceptors (Lipinski definition) is 5. The summed E-state index contributed by atoms with van der Waals surface area (Å²) >= 11 is 10.7. The molecule has 0 unspecified atom stereocenters. The van der Waals surface area contributed by atoms with E-state index in [2.05, 4.69) is 27.5 Å². The first-order valence-corrected chi connectivity index (χ1v) is 7.98. The van der Waals surface area contributed by atoms with Crippen LogP contribution >= 0.6 is 24.2 Å². The number of aromatic nitrogens is 2. The Hall–Kier alpha value is 0.168. The Balaban J connectivity index is 0.00000161. The van der Waals surface area contributed by atoms with Crippen LogP contribution in [0.15, 0.2) is 0 Å². The minimum absolute atomic E-state index is 0. The first kappa shape index (κ1) is 17.5. The molecular weight excluding hydrogens is 478 g/mol. The van der Waals surface area contributed by atoms with Crippen molar-refractivity contribution >= 4 is 30.0 Å². The van der Waals surface area contributed by atoms with E-state index in [-0.39, 0.29) is 21.1 Å². The second kappa shape index (κ2) is 8.14. The molecule has 21 heavy (non-hydrogen) atoms. The predicted octanol–water partition coefficient (Wildman–Crippen LogP) is 2.69. The molecule has 1 aromatic rings. The monoisotopic (exact) mass is 496 g/mol. The third-order valence-corrected chi connectivity index (χ3v) is 4.51. The van der Waals surface area contributed by atoms with Crippen molar-refractivity contribution in [3.8, 4) is 0 Å². The molecule has 7 heteroatoms. The molecule has 0 N–H and O–H groups in total. The number of aryl methyl sites for hydroxylation is 1. The van der Waals surface area contributed by atoms with Gasteiger partial charge >= 0.3 is 0 Å². The Labute approximate surface area is 150 Å². The average molecular weight is 497 g/mol. The summed E-state index contributed by atoms with van der Waals surface area (Å²) < 4.78 is 5.42. The summed E-state index contributed by atoms with van der Waals surface area (Å²) in [5.74, 6) is 1.01. The van der Waals surface area contributed by atoms with E-state index < -0.39 is 0 Å². The standard InChI is InChI=1S/C14H19ClN3OS.W/c15-14-16-12-3-1-2-10(20)4-5-11(12)13(17-14)18-6-8-19-9-7-18;/h20H,1-9H2;/q-1;. The molecule has 2 aliphatic rings. The number of halogens is 1. The SMILES string of the molecule is S[C-]1CCCc2nc(Cl)nc(N3CCOCC3)c2CC1.[W]. The number of thiol groups is 1. The van der Waals surface area contributed by atoms with Gasteiger partial charge in [0, 0.05) is 39.7 Å². The van der Waals surface area contributed by atoms with E-state index in [0.717, 1.165) is 69.9 Å². The maximum atomic E-state index is 6.12. The molecule has 0 aromatic carbocycles. The minimum atomic E-state index is 0. The first-order chi connectivity index (χ1) is 9.74. The van der Waals surface area contributed by atoms with Gasteiger partial charge in [-0.25, -0.2) is 9.97 Å². The van der Waals surface area contributed by atoms with Gasteiger partial charge in [-0.15, -0.1) is 0 Å². The number of fused-ring (bicyclic) bond motifs is 1. The first-order valence-electron chi connectivity index (χ1n) is 7.15. The fourth-order valence-electron chi connectivity index (χ4n) is 2.84. The van der Waals surface area contributed by atoms with Crippen molar-refractivity contribution in [2.75, 3.05) is 31.2 Å². The van der Waals surface area contributed by atoms with Crippen LogP contribution in [0, 0.1) is 5.25 Å². The van der Waals surface area contributed by atoms with Crippen LogP contribution in [0.4, 0.5) is 5.82 Å². The van der Waals surface area contributed by atoms with Crippen molar-refractivity contribution < 1.29 is 25.8 Å². The molecule has 0 atom stereocenters. The molecule has 1 aliphatic carbocycles. The molecule has 116 valence electrons. The minimum Gasteiger partial charge on any atom is -0.378 e. The van der Waals surface area contributed by atoms with Crippen LogP contribution in [0.5, 0.6) is 0 Å². The topological polar surface area (TPSA) is 38.2 Å². The van der Waals surface area contributed by atoms with Gasteiger partial charge in [-0.3, -0.25) is 5.25 Å². The number of morpholine rings is 1. The molecule has 0 radical (unpaired) electrons. The Morgan fingerprint density at radius 1 is 1.14 bits per heavy atom. The summed E-state index contributed by atoms with van der Waals surface area (Å²) in [6.07, 6.45) is 5.06. The van der Waals surface area contributed by atoms with Gasteiger partial charge in [-0.2, -0.15) is 12.8 Å². The van der Waals surface area contributed by atoms with Gasteiger partial charge in [0.2, 0.25) is 5.28 Å². The van der Waals surface area contributed by atoms with Crippen molar-refractivity contribution in [1.29, 1.82) is 0 Å². The van der Waals surface area contributed by atoms with Crippen LogP contribution in [0.2, 0.25) is 5.28 Å². The molecule has 1 aromatic heterocycles. The van der Waals surface area contributed by atoms with Gasteiger partial charge in [0.25, 0.3) is 0 Å². The Morgan fingerprint density at radius 2 is 1.90 bits per heavy atom. The van der Waals surface area contributed by atoms with Crippen molar-refractivity contribution in [2.45, 2.75) is 32.1 Å². The van der Waals surface area contributed by atoms with Crippen molar-refractivity contribution in [3.05, 3.63) is 21.8 Å². The van der Waals surface area contributed by atoms with E-state index >= 15 is 0 Å². The molecule has 0 amide bonds. The van der Waals surface area contributed by atoms with E-state index in [1.807, 2.05) is 0 Å². The fourth-order valence-corrected chi connectivity index (χ4v) is 3.29. The summed E-state index contributed by atoms with van der Waals surface area (Å²) in [7, 11) is 0. The molecule has 1 fully saturated rings. The second-order valence-electron chi connectivity index (χ2n) is 5.26. The van der Waals surface area contributed by atoms with Gasteiger partial charge in [-0.05, 0) is 24.4 Å². The smallest absolute Gasteiger partial charge is 0.224 e. The van der Waals surface area contributed by atoms with E-state index in [4.69, 9.17) is 16.3 Å². The molecule has 0 bridgehead atoms. The molecule has 0 spiro atoms. The summed E-state index contributed by atoms with van der Waals surface area (Å²) in [5, 5.41) is 1.64. The molecule has 1 aliphatic heterocycles. The zero-order valence-corrected chi connectivity index (χ0v) is 16.4. The average Bonchev–Trinajstić information content (AvgIpc) is 2.44. The zero-order chi connectivity index (χ0) is 13.9. The van der Waals surface area contributed by atoms with Crippen LogP contribution in [0.1, 0.15) is 30.5 Å². The van der Waals surface area contributed by atoms with Crippen molar-refractivity contribution in [1.82, 2.24) is 9.97 Å². The normalized spacial score (nSPS) is 20.2. The van der Waals surface area contributed by atoms with Crippen molar-refractivity contribution in [2.24, 2.45) is 0 Å². The zero-order valence-electron chi connectivity index (χ0n) is 11.8. The molecule has 1 saturated heterocycles. The van der Waals surface area contributed by atoms with Crippen LogP contribution < -0.4 is 4.90 Å². The van der Waals surface area contributed by atoms with E-state index in [1.54, 1.807) is 0 Å². The molecular formula is C14H19ClN3OSW-. The van der Waals surface area contributed by atoms with Crippen LogP contribution in [-0.2, 0) is 38.6 Å². The number of ether oxygens (including phenoxy) is 1. The maximum Gasteiger partial charge on any atom is 0.224 e. The molecule has 3 rings (SSSR count). The Bertz CT molecular complexity index is 486. The Morgan fingerprint density at radius 3 is 2.67 bits per heavy atom. The van der Waals surface area contributed by atoms with E-state index in [9.17, 15) is 0 Å².